The van der Waals surface area contributed by atoms with Gasteiger partial charge in [-0.05, 0) is 67.1 Å². The molecule has 178 valence electrons. The molecule has 1 fully saturated rings. The summed E-state index contributed by atoms with van der Waals surface area (Å²) in [5.74, 6) is 0.423. The molecule has 7 nitrogen and oxygen atoms in total. The molecule has 1 aromatic heterocycles. The average molecular weight is 485 g/mol. The van der Waals surface area contributed by atoms with Crippen molar-refractivity contribution in [3.8, 4) is 22.8 Å². The number of ether oxygens (including phenoxy) is 2. The van der Waals surface area contributed by atoms with Gasteiger partial charge in [0.1, 0.15) is 18.2 Å². The predicted octanol–water partition coefficient (Wildman–Crippen LogP) is 4.25. The molecule has 0 atom stereocenters. The van der Waals surface area contributed by atoms with Gasteiger partial charge in [-0.25, -0.2) is 22.5 Å². The van der Waals surface area contributed by atoms with E-state index in [1.54, 1.807) is 24.4 Å². The maximum atomic E-state index is 14.3. The number of hydrogen-bond acceptors (Lipinski definition) is 6. The maximum Gasteiger partial charge on any atom is 0.264 e. The molecule has 0 aliphatic heterocycles. The first-order valence-electron chi connectivity index (χ1n) is 10.8. The molecule has 1 aliphatic rings. The third-order valence-electron chi connectivity index (χ3n) is 5.29. The van der Waals surface area contributed by atoms with Crippen LogP contribution >= 0.6 is 0 Å². The molecule has 1 amide bonds. The Hall–Kier alpha value is -3.46. The monoisotopic (exact) mass is 484 g/mol. The summed E-state index contributed by atoms with van der Waals surface area (Å²) in [5, 5.41) is 0. The van der Waals surface area contributed by atoms with Gasteiger partial charge in [0, 0.05) is 29.0 Å². The molecule has 0 spiro atoms. The van der Waals surface area contributed by atoms with Crippen molar-refractivity contribution in [1.29, 1.82) is 0 Å². The Morgan fingerprint density at radius 2 is 1.82 bits per heavy atom. The van der Waals surface area contributed by atoms with E-state index in [-0.39, 0.29) is 12.2 Å². The summed E-state index contributed by atoms with van der Waals surface area (Å²) < 4.78 is 50.1. The van der Waals surface area contributed by atoms with E-state index >= 15 is 0 Å². The molecule has 1 heterocycles. The molecule has 1 saturated carbocycles. The number of carbonyl (C=O) groups excluding carboxylic acids is 1. The zero-order valence-electron chi connectivity index (χ0n) is 18.9. The van der Waals surface area contributed by atoms with Gasteiger partial charge in [0.15, 0.2) is 0 Å². The number of aromatic nitrogens is 1. The van der Waals surface area contributed by atoms with Gasteiger partial charge >= 0.3 is 0 Å². The summed E-state index contributed by atoms with van der Waals surface area (Å²) in [7, 11) is -3.64. The van der Waals surface area contributed by atoms with Crippen molar-refractivity contribution in [3.05, 3.63) is 77.2 Å². The smallest absolute Gasteiger partial charge is 0.264 e. The van der Waals surface area contributed by atoms with Crippen LogP contribution in [0.2, 0.25) is 0 Å². The molecular formula is C25H25FN2O5S. The van der Waals surface area contributed by atoms with E-state index in [1.807, 2.05) is 17.7 Å². The van der Waals surface area contributed by atoms with Crippen molar-refractivity contribution in [2.45, 2.75) is 26.4 Å². The van der Waals surface area contributed by atoms with Crippen molar-refractivity contribution in [2.24, 2.45) is 5.92 Å². The Labute approximate surface area is 198 Å². The highest BCUT2D eigenvalue weighted by molar-refractivity contribution is 7.89. The minimum atomic E-state index is -3.64. The molecule has 0 radical (unpaired) electrons. The van der Waals surface area contributed by atoms with Crippen LogP contribution in [0, 0.1) is 18.7 Å². The maximum absolute atomic E-state index is 14.3. The van der Waals surface area contributed by atoms with Crippen LogP contribution in [-0.2, 0) is 16.6 Å². The van der Waals surface area contributed by atoms with Gasteiger partial charge in [-0.3, -0.25) is 4.79 Å². The molecule has 4 rings (SSSR count). The molecule has 34 heavy (non-hydrogen) atoms. The second-order valence-corrected chi connectivity index (χ2v) is 10.2. The molecule has 1 N–H and O–H groups in total. The number of benzene rings is 2. The summed E-state index contributed by atoms with van der Waals surface area (Å²) in [6.45, 7) is 2.73. The molecular weight excluding hydrogens is 459 g/mol. The summed E-state index contributed by atoms with van der Waals surface area (Å²) >= 11 is 0. The second-order valence-electron chi connectivity index (χ2n) is 8.46. The van der Waals surface area contributed by atoms with Crippen LogP contribution in [0.5, 0.6) is 11.6 Å². The Bertz CT molecular complexity index is 1310. The zero-order chi connectivity index (χ0) is 24.3. The van der Waals surface area contributed by atoms with Gasteiger partial charge < -0.3 is 9.47 Å². The van der Waals surface area contributed by atoms with Gasteiger partial charge in [0.2, 0.25) is 15.9 Å². The molecule has 2 aromatic carbocycles. The van der Waals surface area contributed by atoms with Crippen LogP contribution in [0.1, 0.15) is 34.3 Å². The van der Waals surface area contributed by atoms with E-state index in [2.05, 4.69) is 4.98 Å². The van der Waals surface area contributed by atoms with Crippen LogP contribution in [-0.4, -0.2) is 32.2 Å². The average Bonchev–Trinajstić information content (AvgIpc) is 3.60. The fourth-order valence-electron chi connectivity index (χ4n) is 3.31. The van der Waals surface area contributed by atoms with Gasteiger partial charge in [-0.15, -0.1) is 0 Å². The highest BCUT2D eigenvalue weighted by Crippen LogP contribution is 2.31. The fourth-order valence-corrected chi connectivity index (χ4v) is 3.77. The van der Waals surface area contributed by atoms with E-state index < -0.39 is 21.7 Å². The number of nitrogens with one attached hydrogen (secondary N) is 1. The standard InChI is InChI=1S/C25H25FN2O5S/c1-16-9-21(13-27-25(16)33-15-17-3-4-17)20-10-22(26)12-23(11-20)32-14-18-5-7-19(8-6-18)24(29)28-34(2,30)31/h5-13,17H,3-4,14-15H2,1-2H3,(H,28,29). The SMILES string of the molecule is Cc1cc(-c2cc(F)cc(OCc3ccc(C(=O)NS(C)(=O)=O)cc3)c2)cnc1OCC1CC1. The number of rotatable bonds is 9. The molecule has 0 bridgehead atoms. The fraction of sp³-hybridized carbons (Fsp3) is 0.280. The lowest BCUT2D eigenvalue weighted by Crippen LogP contribution is -2.29. The third kappa shape index (κ3) is 6.54. The number of sulfonamides is 1. The van der Waals surface area contributed by atoms with Crippen LogP contribution in [0.15, 0.2) is 54.7 Å². The Kier molecular flexibility index (Phi) is 6.83. The first kappa shape index (κ1) is 23.7. The Morgan fingerprint density at radius 1 is 1.09 bits per heavy atom. The van der Waals surface area contributed by atoms with Crippen molar-refractivity contribution in [3.63, 3.8) is 0 Å². The predicted molar refractivity (Wildman–Crippen MR) is 126 cm³/mol. The number of pyridine rings is 1. The topological polar surface area (TPSA) is 94.6 Å². The molecule has 0 unspecified atom stereocenters. The normalized spacial score (nSPS) is 13.4. The van der Waals surface area contributed by atoms with E-state index in [0.717, 1.165) is 22.9 Å². The van der Waals surface area contributed by atoms with Gasteiger partial charge in [-0.1, -0.05) is 12.1 Å². The molecule has 9 heteroatoms. The number of hydrogen-bond donors (Lipinski definition) is 1. The van der Waals surface area contributed by atoms with Crippen molar-refractivity contribution in [1.82, 2.24) is 9.71 Å². The summed E-state index contributed by atoms with van der Waals surface area (Å²) in [6.07, 6.45) is 4.97. The van der Waals surface area contributed by atoms with Crippen LogP contribution in [0.4, 0.5) is 4.39 Å². The van der Waals surface area contributed by atoms with Crippen LogP contribution in [0.3, 0.4) is 0 Å². The number of carbonyl (C=O) groups is 1. The van der Waals surface area contributed by atoms with E-state index in [0.29, 0.717) is 29.7 Å². The van der Waals surface area contributed by atoms with Gasteiger partial charge in [0.25, 0.3) is 5.91 Å². The van der Waals surface area contributed by atoms with E-state index in [1.165, 1.54) is 37.1 Å². The lowest BCUT2D eigenvalue weighted by molar-refractivity contribution is 0.0981. The first-order chi connectivity index (χ1) is 16.2. The van der Waals surface area contributed by atoms with Gasteiger partial charge in [-0.2, -0.15) is 0 Å². The number of nitrogens with zero attached hydrogens (tertiary/aromatic N) is 1. The van der Waals surface area contributed by atoms with Crippen LogP contribution < -0.4 is 14.2 Å². The Morgan fingerprint density at radius 3 is 2.47 bits per heavy atom. The van der Waals surface area contributed by atoms with E-state index in [9.17, 15) is 17.6 Å². The van der Waals surface area contributed by atoms with E-state index in [4.69, 9.17) is 9.47 Å². The largest absolute Gasteiger partial charge is 0.489 e. The highest BCUT2D eigenvalue weighted by Gasteiger charge is 2.22. The minimum Gasteiger partial charge on any atom is -0.489 e. The molecule has 3 aromatic rings. The minimum absolute atomic E-state index is 0.141. The highest BCUT2D eigenvalue weighted by atomic mass is 32.2. The van der Waals surface area contributed by atoms with Crippen molar-refractivity contribution >= 4 is 15.9 Å². The summed E-state index contributed by atoms with van der Waals surface area (Å²) in [6, 6.07) is 12.6. The quantitative estimate of drug-likeness (QED) is 0.488. The van der Waals surface area contributed by atoms with Crippen molar-refractivity contribution < 1.29 is 27.1 Å². The summed E-state index contributed by atoms with van der Waals surface area (Å²) in [4.78, 5) is 16.3. The molecule has 1 aliphatic carbocycles. The first-order valence-corrected chi connectivity index (χ1v) is 12.7. The van der Waals surface area contributed by atoms with Crippen molar-refractivity contribution in [2.75, 3.05) is 12.9 Å². The van der Waals surface area contributed by atoms with Gasteiger partial charge in [0.05, 0.1) is 12.9 Å². The Balaban J connectivity index is 1.42. The lowest BCUT2D eigenvalue weighted by Gasteiger charge is -2.12. The molecule has 0 saturated heterocycles. The number of amides is 1. The zero-order valence-corrected chi connectivity index (χ0v) is 19.7. The third-order valence-corrected chi connectivity index (χ3v) is 5.84. The summed E-state index contributed by atoms with van der Waals surface area (Å²) in [5.41, 5.74) is 3.20. The van der Waals surface area contributed by atoms with Crippen LogP contribution in [0.25, 0.3) is 11.1 Å². The lowest BCUT2D eigenvalue weighted by atomic mass is 10.1. The second kappa shape index (κ2) is 9.80. The number of halogens is 1. The number of aryl methyl sites for hydroxylation is 1.